The number of amides is 1. The summed E-state index contributed by atoms with van der Waals surface area (Å²) in [5.41, 5.74) is 0.435. The number of benzene rings is 2. The summed E-state index contributed by atoms with van der Waals surface area (Å²) in [4.78, 5) is 15.2. The van der Waals surface area contributed by atoms with E-state index in [2.05, 4.69) is 10.0 Å². The van der Waals surface area contributed by atoms with Gasteiger partial charge in [0, 0.05) is 24.3 Å². The van der Waals surface area contributed by atoms with Gasteiger partial charge in [-0.3, -0.25) is 9.69 Å². The zero-order valence-corrected chi connectivity index (χ0v) is 20.0. The van der Waals surface area contributed by atoms with E-state index in [0.717, 1.165) is 5.56 Å². The summed E-state index contributed by atoms with van der Waals surface area (Å²) in [5, 5.41) is 2.81. The van der Waals surface area contributed by atoms with Crippen LogP contribution in [0.2, 0.25) is 0 Å². The van der Waals surface area contributed by atoms with Gasteiger partial charge in [0.15, 0.2) is 9.84 Å². The van der Waals surface area contributed by atoms with Gasteiger partial charge in [-0.05, 0) is 44.5 Å². The fourth-order valence-electron chi connectivity index (χ4n) is 3.56. The second kappa shape index (κ2) is 9.30. The maximum atomic E-state index is 13.3. The van der Waals surface area contributed by atoms with E-state index in [1.807, 2.05) is 35.2 Å². The van der Waals surface area contributed by atoms with Gasteiger partial charge >= 0.3 is 0 Å². The third-order valence-electron chi connectivity index (χ3n) is 4.96. The minimum Gasteiger partial charge on any atom is -0.324 e. The summed E-state index contributed by atoms with van der Waals surface area (Å²) in [5.74, 6) is -0.361. The zero-order chi connectivity index (χ0) is 23.6. The summed E-state index contributed by atoms with van der Waals surface area (Å²) in [6, 6.07) is 14.5. The molecule has 1 heterocycles. The Kier molecular flexibility index (Phi) is 7.09. The Morgan fingerprint density at radius 3 is 2.22 bits per heavy atom. The molecule has 0 spiro atoms. The molecule has 0 saturated carbocycles. The first-order valence-electron chi connectivity index (χ1n) is 10.3. The van der Waals surface area contributed by atoms with Crippen LogP contribution in [0.5, 0.6) is 0 Å². The van der Waals surface area contributed by atoms with Crippen molar-refractivity contribution in [2.45, 2.75) is 37.2 Å². The van der Waals surface area contributed by atoms with Gasteiger partial charge < -0.3 is 5.32 Å². The molecule has 10 heteroatoms. The van der Waals surface area contributed by atoms with Gasteiger partial charge in [-0.15, -0.1) is 0 Å². The lowest BCUT2D eigenvalue weighted by molar-refractivity contribution is -0.121. The SMILES string of the molecule is CC(C)(C)NS(=O)(=O)c1cccc(NC(=O)C(c2ccccc2)N2CCS(=O)(=O)CC2)c1. The Hall–Kier alpha value is -2.27. The first-order valence-corrected chi connectivity index (χ1v) is 13.6. The molecule has 1 atom stereocenters. The van der Waals surface area contributed by atoms with Crippen LogP contribution in [0.1, 0.15) is 32.4 Å². The van der Waals surface area contributed by atoms with Crippen molar-refractivity contribution in [3.8, 4) is 0 Å². The topological polar surface area (TPSA) is 113 Å². The van der Waals surface area contributed by atoms with Crippen LogP contribution in [0, 0.1) is 0 Å². The van der Waals surface area contributed by atoms with Crippen molar-refractivity contribution >= 4 is 31.5 Å². The molecular weight excluding hydrogens is 450 g/mol. The molecule has 1 fully saturated rings. The van der Waals surface area contributed by atoms with Gasteiger partial charge in [0.25, 0.3) is 0 Å². The molecule has 2 aromatic carbocycles. The lowest BCUT2D eigenvalue weighted by atomic mass is 10.0. The summed E-state index contributed by atoms with van der Waals surface area (Å²) in [7, 11) is -6.86. The summed E-state index contributed by atoms with van der Waals surface area (Å²) in [6.07, 6.45) is 0. The predicted octanol–water partition coefficient (Wildman–Crippen LogP) is 2.17. The van der Waals surface area contributed by atoms with Gasteiger partial charge in [0.2, 0.25) is 15.9 Å². The van der Waals surface area contributed by atoms with Crippen LogP contribution in [0.3, 0.4) is 0 Å². The number of sulfone groups is 1. The van der Waals surface area contributed by atoms with Crippen molar-refractivity contribution in [1.29, 1.82) is 0 Å². The molecule has 1 unspecified atom stereocenters. The molecule has 0 aromatic heterocycles. The first-order chi connectivity index (χ1) is 14.9. The molecule has 0 aliphatic carbocycles. The maximum absolute atomic E-state index is 13.3. The number of hydrogen-bond acceptors (Lipinski definition) is 6. The highest BCUT2D eigenvalue weighted by molar-refractivity contribution is 7.91. The van der Waals surface area contributed by atoms with E-state index >= 15 is 0 Å². The molecule has 8 nitrogen and oxygen atoms in total. The van der Waals surface area contributed by atoms with Gasteiger partial charge in [-0.25, -0.2) is 21.6 Å². The Labute approximate surface area is 190 Å². The lowest BCUT2D eigenvalue weighted by Gasteiger charge is -2.33. The van der Waals surface area contributed by atoms with Crippen LogP contribution in [-0.4, -0.2) is 57.8 Å². The van der Waals surface area contributed by atoms with E-state index in [1.165, 1.54) is 12.1 Å². The van der Waals surface area contributed by atoms with Crippen LogP contribution in [-0.2, 0) is 24.7 Å². The number of rotatable bonds is 6. The number of sulfonamides is 1. The largest absolute Gasteiger partial charge is 0.324 e. The highest BCUT2D eigenvalue weighted by Crippen LogP contribution is 2.25. The van der Waals surface area contributed by atoms with E-state index in [0.29, 0.717) is 5.69 Å². The smallest absolute Gasteiger partial charge is 0.246 e. The number of nitrogens with zero attached hydrogens (tertiary/aromatic N) is 1. The minimum absolute atomic E-state index is 0.00415. The Morgan fingerprint density at radius 2 is 1.62 bits per heavy atom. The number of carbonyl (C=O) groups excluding carboxylic acids is 1. The Balaban J connectivity index is 1.86. The number of nitrogens with one attached hydrogen (secondary N) is 2. The fourth-order valence-corrected chi connectivity index (χ4v) is 6.26. The first kappa shape index (κ1) is 24.4. The van der Waals surface area contributed by atoms with Crippen molar-refractivity contribution in [3.05, 3.63) is 60.2 Å². The van der Waals surface area contributed by atoms with Crippen LogP contribution in [0.25, 0.3) is 0 Å². The molecule has 1 aliphatic heterocycles. The molecule has 1 aliphatic rings. The van der Waals surface area contributed by atoms with Gasteiger partial charge in [-0.2, -0.15) is 0 Å². The molecule has 174 valence electrons. The van der Waals surface area contributed by atoms with Crippen molar-refractivity contribution in [2.75, 3.05) is 29.9 Å². The highest BCUT2D eigenvalue weighted by atomic mass is 32.2. The zero-order valence-electron chi connectivity index (χ0n) is 18.4. The van der Waals surface area contributed by atoms with Gasteiger partial charge in [0.05, 0.1) is 16.4 Å². The second-order valence-electron chi connectivity index (χ2n) is 8.87. The summed E-state index contributed by atoms with van der Waals surface area (Å²) in [6.45, 7) is 5.75. The molecule has 3 rings (SSSR count). The van der Waals surface area contributed by atoms with E-state index in [-0.39, 0.29) is 35.4 Å². The number of anilines is 1. The van der Waals surface area contributed by atoms with Gasteiger partial charge in [0.1, 0.15) is 6.04 Å². The third-order valence-corrected chi connectivity index (χ3v) is 8.33. The van der Waals surface area contributed by atoms with Crippen LogP contribution in [0.4, 0.5) is 5.69 Å². The molecule has 1 saturated heterocycles. The quantitative estimate of drug-likeness (QED) is 0.657. The van der Waals surface area contributed by atoms with Gasteiger partial charge in [-0.1, -0.05) is 36.4 Å². The van der Waals surface area contributed by atoms with E-state index in [1.54, 1.807) is 32.9 Å². The average Bonchev–Trinajstić information content (AvgIpc) is 2.69. The minimum atomic E-state index is -3.76. The lowest BCUT2D eigenvalue weighted by Crippen LogP contribution is -2.46. The normalized spacial score (nSPS) is 18.1. The maximum Gasteiger partial charge on any atom is 0.246 e. The van der Waals surface area contributed by atoms with Crippen molar-refractivity contribution in [1.82, 2.24) is 9.62 Å². The summed E-state index contributed by atoms with van der Waals surface area (Å²) < 4.78 is 51.6. The Morgan fingerprint density at radius 1 is 1.00 bits per heavy atom. The fraction of sp³-hybridized carbons (Fsp3) is 0.409. The second-order valence-corrected chi connectivity index (χ2v) is 12.9. The molecule has 0 bridgehead atoms. The predicted molar refractivity (Wildman–Crippen MR) is 125 cm³/mol. The van der Waals surface area contributed by atoms with Crippen LogP contribution in [0.15, 0.2) is 59.5 Å². The monoisotopic (exact) mass is 479 g/mol. The molecule has 2 N–H and O–H groups in total. The average molecular weight is 480 g/mol. The number of carbonyl (C=O) groups is 1. The van der Waals surface area contributed by atoms with Crippen LogP contribution < -0.4 is 10.0 Å². The third kappa shape index (κ3) is 6.38. The van der Waals surface area contributed by atoms with Crippen molar-refractivity contribution < 1.29 is 21.6 Å². The molecule has 32 heavy (non-hydrogen) atoms. The molecule has 2 aromatic rings. The highest BCUT2D eigenvalue weighted by Gasteiger charge is 2.32. The van der Waals surface area contributed by atoms with E-state index in [9.17, 15) is 21.6 Å². The molecule has 0 radical (unpaired) electrons. The number of hydrogen-bond donors (Lipinski definition) is 2. The van der Waals surface area contributed by atoms with Crippen molar-refractivity contribution in [2.24, 2.45) is 0 Å². The van der Waals surface area contributed by atoms with Crippen molar-refractivity contribution in [3.63, 3.8) is 0 Å². The summed E-state index contributed by atoms with van der Waals surface area (Å²) >= 11 is 0. The molecular formula is C22H29N3O5S2. The van der Waals surface area contributed by atoms with Crippen LogP contribution >= 0.6 is 0 Å². The Bertz CT molecular complexity index is 1160. The standard InChI is InChI=1S/C22H29N3O5S2/c1-22(2,3)24-32(29,30)19-11-7-10-18(16-19)23-21(26)20(17-8-5-4-6-9-17)25-12-14-31(27,28)15-13-25/h4-11,16,20,24H,12-15H2,1-3H3,(H,23,26). The van der Waals surface area contributed by atoms with E-state index < -0.39 is 31.4 Å². The van der Waals surface area contributed by atoms with E-state index in [4.69, 9.17) is 0 Å². The molecule has 1 amide bonds.